The van der Waals surface area contributed by atoms with Gasteiger partial charge in [-0.1, -0.05) is 66.7 Å². The number of hydrogen-bond donors (Lipinski definition) is 1. The maximum atomic E-state index is 11.7. The molecular weight excluding hydrogens is 298 g/mol. The number of nitrogens with zero attached hydrogens (tertiary/aromatic N) is 1. The number of methoxy groups -OCH3 is 1. The molecular formula is C21H21NO2. The summed E-state index contributed by atoms with van der Waals surface area (Å²) in [5.74, 6) is -0.331. The standard InChI is InChI=1S/C21H21NO2/c1-24-16-21(23,18-12-6-3-7-13-18)20(17-10-4-2-5-11-17)19-14-8-9-15-22-19/h2-15,20,23H,16H2,1H3/t20-,21+/m1/s1. The zero-order valence-electron chi connectivity index (χ0n) is 13.7. The van der Waals surface area contributed by atoms with Crippen LogP contribution in [-0.2, 0) is 10.3 Å². The fraction of sp³-hybridized carbons (Fsp3) is 0.190. The van der Waals surface area contributed by atoms with Gasteiger partial charge in [-0.3, -0.25) is 4.98 Å². The molecule has 3 nitrogen and oxygen atoms in total. The molecule has 3 aromatic rings. The van der Waals surface area contributed by atoms with Crippen LogP contribution in [0.1, 0.15) is 22.7 Å². The molecule has 0 unspecified atom stereocenters. The molecule has 2 atom stereocenters. The van der Waals surface area contributed by atoms with E-state index < -0.39 is 5.60 Å². The van der Waals surface area contributed by atoms with Gasteiger partial charge in [0.15, 0.2) is 0 Å². The fourth-order valence-electron chi connectivity index (χ4n) is 3.16. The van der Waals surface area contributed by atoms with Crippen LogP contribution in [0.2, 0.25) is 0 Å². The summed E-state index contributed by atoms with van der Waals surface area (Å²) < 4.78 is 5.41. The first-order chi connectivity index (χ1) is 11.8. The van der Waals surface area contributed by atoms with Crippen LogP contribution in [-0.4, -0.2) is 23.8 Å². The Kier molecular flexibility index (Phi) is 5.04. The number of ether oxygens (including phenoxy) is 1. The van der Waals surface area contributed by atoms with Crippen molar-refractivity contribution in [3.05, 3.63) is 102 Å². The fourth-order valence-corrected chi connectivity index (χ4v) is 3.16. The largest absolute Gasteiger partial charge is 0.382 e. The van der Waals surface area contributed by atoms with E-state index in [1.54, 1.807) is 13.3 Å². The summed E-state index contributed by atoms with van der Waals surface area (Å²) in [6, 6.07) is 25.4. The number of hydrogen-bond acceptors (Lipinski definition) is 3. The van der Waals surface area contributed by atoms with Crippen molar-refractivity contribution in [1.29, 1.82) is 0 Å². The van der Waals surface area contributed by atoms with E-state index in [1.165, 1.54) is 0 Å². The zero-order valence-corrected chi connectivity index (χ0v) is 13.7. The van der Waals surface area contributed by atoms with Crippen LogP contribution in [0.4, 0.5) is 0 Å². The topological polar surface area (TPSA) is 42.4 Å². The zero-order chi connectivity index (χ0) is 16.8. The third kappa shape index (κ3) is 3.23. The minimum Gasteiger partial charge on any atom is -0.382 e. The molecule has 3 rings (SSSR count). The lowest BCUT2D eigenvalue weighted by molar-refractivity contribution is -0.0490. The summed E-state index contributed by atoms with van der Waals surface area (Å²) >= 11 is 0. The Labute approximate surface area is 142 Å². The number of rotatable bonds is 6. The van der Waals surface area contributed by atoms with E-state index >= 15 is 0 Å². The van der Waals surface area contributed by atoms with Crippen molar-refractivity contribution >= 4 is 0 Å². The molecule has 0 radical (unpaired) electrons. The van der Waals surface area contributed by atoms with Crippen molar-refractivity contribution in [2.75, 3.05) is 13.7 Å². The van der Waals surface area contributed by atoms with Gasteiger partial charge in [0.05, 0.1) is 18.2 Å². The second-order valence-corrected chi connectivity index (χ2v) is 5.82. The minimum absolute atomic E-state index is 0.174. The van der Waals surface area contributed by atoms with Crippen molar-refractivity contribution < 1.29 is 9.84 Å². The SMILES string of the molecule is COC[C@](O)(c1ccccc1)[C@H](c1ccccc1)c1ccccn1. The first-order valence-electron chi connectivity index (χ1n) is 7.98. The molecule has 1 N–H and O–H groups in total. The highest BCUT2D eigenvalue weighted by Crippen LogP contribution is 2.41. The van der Waals surface area contributed by atoms with Gasteiger partial charge in [0.1, 0.15) is 5.60 Å². The molecule has 2 aromatic carbocycles. The molecule has 0 saturated heterocycles. The molecule has 24 heavy (non-hydrogen) atoms. The predicted octanol–water partition coefficient (Wildman–Crippen LogP) is 3.75. The van der Waals surface area contributed by atoms with Gasteiger partial charge in [-0.05, 0) is 23.3 Å². The highest BCUT2D eigenvalue weighted by molar-refractivity contribution is 5.38. The molecule has 0 bridgehead atoms. The predicted molar refractivity (Wildman–Crippen MR) is 94.7 cm³/mol. The maximum Gasteiger partial charge on any atom is 0.125 e. The maximum absolute atomic E-state index is 11.7. The van der Waals surface area contributed by atoms with E-state index in [-0.39, 0.29) is 12.5 Å². The quantitative estimate of drug-likeness (QED) is 0.752. The highest BCUT2D eigenvalue weighted by Gasteiger charge is 2.41. The molecule has 0 saturated carbocycles. The van der Waals surface area contributed by atoms with Crippen LogP contribution in [0.5, 0.6) is 0 Å². The molecule has 1 aromatic heterocycles. The Hall–Kier alpha value is -2.49. The first kappa shape index (κ1) is 16.4. The third-order valence-electron chi connectivity index (χ3n) is 4.23. The van der Waals surface area contributed by atoms with Gasteiger partial charge >= 0.3 is 0 Å². The van der Waals surface area contributed by atoms with Crippen molar-refractivity contribution in [3.63, 3.8) is 0 Å². The number of aliphatic hydroxyl groups is 1. The van der Waals surface area contributed by atoms with E-state index in [9.17, 15) is 5.11 Å². The molecule has 0 aliphatic carbocycles. The molecule has 0 spiro atoms. The van der Waals surface area contributed by atoms with Gasteiger partial charge in [0.2, 0.25) is 0 Å². The van der Waals surface area contributed by atoms with Gasteiger partial charge in [-0.2, -0.15) is 0 Å². The summed E-state index contributed by atoms with van der Waals surface area (Å²) in [4.78, 5) is 4.51. The van der Waals surface area contributed by atoms with E-state index in [2.05, 4.69) is 4.98 Å². The molecule has 0 amide bonds. The molecule has 1 heterocycles. The minimum atomic E-state index is -1.22. The van der Waals surface area contributed by atoms with Gasteiger partial charge in [0, 0.05) is 13.3 Å². The van der Waals surface area contributed by atoms with Crippen LogP contribution in [0, 0.1) is 0 Å². The van der Waals surface area contributed by atoms with Crippen molar-refractivity contribution in [1.82, 2.24) is 4.98 Å². The van der Waals surface area contributed by atoms with E-state index in [0.29, 0.717) is 0 Å². The van der Waals surface area contributed by atoms with Crippen LogP contribution in [0.3, 0.4) is 0 Å². The van der Waals surface area contributed by atoms with Crippen LogP contribution >= 0.6 is 0 Å². The van der Waals surface area contributed by atoms with E-state index in [1.807, 2.05) is 78.9 Å². The van der Waals surface area contributed by atoms with E-state index in [0.717, 1.165) is 16.8 Å². The Morgan fingerprint density at radius 3 is 2.12 bits per heavy atom. The summed E-state index contributed by atoms with van der Waals surface area (Å²) in [5.41, 5.74) is 1.41. The summed E-state index contributed by atoms with van der Waals surface area (Å²) in [5, 5.41) is 11.7. The van der Waals surface area contributed by atoms with E-state index in [4.69, 9.17) is 4.74 Å². The second kappa shape index (κ2) is 7.39. The monoisotopic (exact) mass is 319 g/mol. The van der Waals surface area contributed by atoms with Crippen molar-refractivity contribution in [2.24, 2.45) is 0 Å². The Bertz CT molecular complexity index is 707. The second-order valence-electron chi connectivity index (χ2n) is 5.82. The summed E-state index contributed by atoms with van der Waals surface area (Å²) in [7, 11) is 1.61. The molecule has 3 heteroatoms. The summed E-state index contributed by atoms with van der Waals surface area (Å²) in [6.07, 6.45) is 1.75. The van der Waals surface area contributed by atoms with Crippen molar-refractivity contribution in [2.45, 2.75) is 11.5 Å². The lowest BCUT2D eigenvalue weighted by Crippen LogP contribution is -2.39. The van der Waals surface area contributed by atoms with Gasteiger partial charge in [-0.25, -0.2) is 0 Å². The van der Waals surface area contributed by atoms with Gasteiger partial charge in [0.25, 0.3) is 0 Å². The van der Waals surface area contributed by atoms with Crippen LogP contribution in [0.25, 0.3) is 0 Å². The molecule has 0 fully saturated rings. The third-order valence-corrected chi connectivity index (χ3v) is 4.23. The highest BCUT2D eigenvalue weighted by atomic mass is 16.5. The average Bonchev–Trinajstić information content (AvgIpc) is 2.65. The van der Waals surface area contributed by atoms with Crippen molar-refractivity contribution in [3.8, 4) is 0 Å². The normalized spacial score (nSPS) is 14.8. The Morgan fingerprint density at radius 2 is 1.54 bits per heavy atom. The lowest BCUT2D eigenvalue weighted by atomic mass is 9.75. The number of pyridine rings is 1. The molecule has 0 aliphatic heterocycles. The van der Waals surface area contributed by atoms with Gasteiger partial charge < -0.3 is 9.84 Å². The Balaban J connectivity index is 2.19. The van der Waals surface area contributed by atoms with Crippen LogP contribution in [0.15, 0.2) is 85.1 Å². The van der Waals surface area contributed by atoms with Crippen LogP contribution < -0.4 is 0 Å². The Morgan fingerprint density at radius 1 is 0.917 bits per heavy atom. The molecule has 0 aliphatic rings. The smallest absolute Gasteiger partial charge is 0.125 e. The first-order valence-corrected chi connectivity index (χ1v) is 7.98. The summed E-state index contributed by atoms with van der Waals surface area (Å²) in [6.45, 7) is 0.174. The number of aromatic nitrogens is 1. The number of benzene rings is 2. The lowest BCUT2D eigenvalue weighted by Gasteiger charge is -2.36. The van der Waals surface area contributed by atoms with Gasteiger partial charge in [-0.15, -0.1) is 0 Å². The average molecular weight is 319 g/mol. The molecule has 122 valence electrons.